The Hall–Kier alpha value is -0.120. The number of hydrogen-bond acceptors (Lipinski definition) is 3. The van der Waals surface area contributed by atoms with Gasteiger partial charge in [-0.25, -0.2) is 0 Å². The summed E-state index contributed by atoms with van der Waals surface area (Å²) in [5.74, 6) is 0.519. The Morgan fingerprint density at radius 2 is 2.17 bits per heavy atom. The van der Waals surface area contributed by atoms with Gasteiger partial charge in [0.1, 0.15) is 0 Å². The van der Waals surface area contributed by atoms with Crippen molar-refractivity contribution in [2.24, 2.45) is 5.92 Å². The van der Waals surface area contributed by atoms with Gasteiger partial charge in [0, 0.05) is 31.8 Å². The van der Waals surface area contributed by atoms with Crippen LogP contribution in [0.4, 0.5) is 0 Å². The molecule has 3 N–H and O–H groups in total. The van der Waals surface area contributed by atoms with Crippen LogP contribution in [0.2, 0.25) is 0 Å². The molecule has 12 heavy (non-hydrogen) atoms. The number of rotatable bonds is 3. The normalized spacial score (nSPS) is 36.8. The Bertz CT molecular complexity index is 147. The van der Waals surface area contributed by atoms with Crippen molar-refractivity contribution in [3.05, 3.63) is 0 Å². The SMILES string of the molecule is OCC1CCCC1NC1CNC1. The lowest BCUT2D eigenvalue weighted by molar-refractivity contribution is 0.191. The minimum atomic E-state index is 0.359. The number of aliphatic hydroxyl groups excluding tert-OH is 1. The van der Waals surface area contributed by atoms with Crippen LogP contribution in [0.1, 0.15) is 19.3 Å². The maximum absolute atomic E-state index is 9.08. The molecule has 70 valence electrons. The van der Waals surface area contributed by atoms with Crippen LogP contribution in [0.25, 0.3) is 0 Å². The summed E-state index contributed by atoms with van der Waals surface area (Å²) in [6.07, 6.45) is 3.74. The smallest absolute Gasteiger partial charge is 0.0474 e. The van der Waals surface area contributed by atoms with E-state index in [9.17, 15) is 0 Å². The van der Waals surface area contributed by atoms with Crippen LogP contribution in [-0.2, 0) is 0 Å². The number of aliphatic hydroxyl groups is 1. The first-order valence-electron chi connectivity index (χ1n) is 4.98. The summed E-state index contributed by atoms with van der Waals surface area (Å²) in [6.45, 7) is 2.57. The van der Waals surface area contributed by atoms with E-state index >= 15 is 0 Å². The predicted octanol–water partition coefficient (Wildman–Crippen LogP) is -0.291. The van der Waals surface area contributed by atoms with Crippen molar-refractivity contribution in [2.75, 3.05) is 19.7 Å². The maximum atomic E-state index is 9.08. The van der Waals surface area contributed by atoms with Gasteiger partial charge < -0.3 is 15.7 Å². The third kappa shape index (κ3) is 1.63. The summed E-state index contributed by atoms with van der Waals surface area (Å²) >= 11 is 0. The molecule has 0 bridgehead atoms. The zero-order chi connectivity index (χ0) is 8.39. The van der Waals surface area contributed by atoms with Gasteiger partial charge in [-0.15, -0.1) is 0 Å². The molecule has 1 heterocycles. The molecule has 0 aromatic carbocycles. The molecule has 1 aliphatic carbocycles. The lowest BCUT2D eigenvalue weighted by Crippen LogP contribution is -2.58. The molecule has 2 atom stereocenters. The fourth-order valence-electron chi connectivity index (χ4n) is 2.18. The molecule has 2 aliphatic rings. The zero-order valence-electron chi connectivity index (χ0n) is 7.42. The van der Waals surface area contributed by atoms with Gasteiger partial charge in [-0.3, -0.25) is 0 Å². The van der Waals surface area contributed by atoms with E-state index in [2.05, 4.69) is 10.6 Å². The molecule has 2 fully saturated rings. The Kier molecular flexibility index (Phi) is 2.63. The summed E-state index contributed by atoms with van der Waals surface area (Å²) in [5, 5.41) is 15.9. The Labute approximate surface area is 73.5 Å². The lowest BCUT2D eigenvalue weighted by atomic mass is 10.0. The zero-order valence-corrected chi connectivity index (χ0v) is 7.42. The summed E-state index contributed by atoms with van der Waals surface area (Å²) in [6, 6.07) is 1.25. The van der Waals surface area contributed by atoms with Gasteiger partial charge in [0.15, 0.2) is 0 Å². The standard InChI is InChI=1S/C9H18N2O/c12-6-7-2-1-3-9(7)11-8-4-10-5-8/h7-12H,1-6H2. The van der Waals surface area contributed by atoms with E-state index in [-0.39, 0.29) is 0 Å². The van der Waals surface area contributed by atoms with E-state index in [1.807, 2.05) is 0 Å². The predicted molar refractivity (Wildman–Crippen MR) is 48.0 cm³/mol. The summed E-state index contributed by atoms with van der Waals surface area (Å²) in [5.41, 5.74) is 0. The quantitative estimate of drug-likeness (QED) is 0.545. The van der Waals surface area contributed by atoms with E-state index in [4.69, 9.17) is 5.11 Å². The lowest BCUT2D eigenvalue weighted by Gasteiger charge is -2.33. The van der Waals surface area contributed by atoms with Gasteiger partial charge in [0.05, 0.1) is 0 Å². The molecule has 3 nitrogen and oxygen atoms in total. The molecule has 1 saturated heterocycles. The molecule has 0 spiro atoms. The molecule has 0 aromatic heterocycles. The molecule has 2 rings (SSSR count). The fraction of sp³-hybridized carbons (Fsp3) is 1.00. The van der Waals surface area contributed by atoms with Crippen LogP contribution >= 0.6 is 0 Å². The molecule has 3 heteroatoms. The van der Waals surface area contributed by atoms with Crippen molar-refractivity contribution in [1.82, 2.24) is 10.6 Å². The van der Waals surface area contributed by atoms with Crippen LogP contribution in [0, 0.1) is 5.92 Å². The summed E-state index contributed by atoms with van der Waals surface area (Å²) < 4.78 is 0. The highest BCUT2D eigenvalue weighted by atomic mass is 16.3. The molecular formula is C9H18N2O. The summed E-state index contributed by atoms with van der Waals surface area (Å²) in [7, 11) is 0. The molecule has 0 radical (unpaired) electrons. The minimum Gasteiger partial charge on any atom is -0.396 e. The van der Waals surface area contributed by atoms with Gasteiger partial charge >= 0.3 is 0 Å². The van der Waals surface area contributed by atoms with Gasteiger partial charge in [-0.05, 0) is 18.8 Å². The second-order valence-corrected chi connectivity index (χ2v) is 4.00. The molecule has 1 aliphatic heterocycles. The number of hydrogen-bond donors (Lipinski definition) is 3. The van der Waals surface area contributed by atoms with Crippen LogP contribution in [0.15, 0.2) is 0 Å². The second kappa shape index (κ2) is 3.73. The van der Waals surface area contributed by atoms with Crippen molar-refractivity contribution in [3.8, 4) is 0 Å². The average molecular weight is 170 g/mol. The van der Waals surface area contributed by atoms with Crippen molar-refractivity contribution in [1.29, 1.82) is 0 Å². The van der Waals surface area contributed by atoms with Crippen LogP contribution in [-0.4, -0.2) is 36.9 Å². The fourth-order valence-corrected chi connectivity index (χ4v) is 2.18. The molecule has 0 aromatic rings. The first-order valence-corrected chi connectivity index (χ1v) is 4.98. The van der Waals surface area contributed by atoms with Gasteiger partial charge in [-0.2, -0.15) is 0 Å². The number of nitrogens with one attached hydrogen (secondary N) is 2. The monoisotopic (exact) mass is 170 g/mol. The Morgan fingerprint density at radius 1 is 1.33 bits per heavy atom. The highest BCUT2D eigenvalue weighted by Gasteiger charge is 2.29. The van der Waals surface area contributed by atoms with Gasteiger partial charge in [0.25, 0.3) is 0 Å². The van der Waals surface area contributed by atoms with E-state index in [0.29, 0.717) is 24.6 Å². The molecule has 0 amide bonds. The molecule has 1 saturated carbocycles. The average Bonchev–Trinajstić information content (AvgIpc) is 2.43. The topological polar surface area (TPSA) is 44.3 Å². The minimum absolute atomic E-state index is 0.359. The van der Waals surface area contributed by atoms with Crippen molar-refractivity contribution in [2.45, 2.75) is 31.3 Å². The van der Waals surface area contributed by atoms with Crippen molar-refractivity contribution >= 4 is 0 Å². The van der Waals surface area contributed by atoms with Crippen molar-refractivity contribution in [3.63, 3.8) is 0 Å². The first-order chi connectivity index (χ1) is 5.90. The van der Waals surface area contributed by atoms with E-state index in [0.717, 1.165) is 13.1 Å². The largest absolute Gasteiger partial charge is 0.396 e. The van der Waals surface area contributed by atoms with Crippen LogP contribution < -0.4 is 10.6 Å². The van der Waals surface area contributed by atoms with Gasteiger partial charge in [0.2, 0.25) is 0 Å². The van der Waals surface area contributed by atoms with Crippen molar-refractivity contribution < 1.29 is 5.11 Å². The third-order valence-corrected chi connectivity index (χ3v) is 3.12. The maximum Gasteiger partial charge on any atom is 0.0474 e. The van der Waals surface area contributed by atoms with Gasteiger partial charge in [-0.1, -0.05) is 6.42 Å². The van der Waals surface area contributed by atoms with E-state index < -0.39 is 0 Å². The Morgan fingerprint density at radius 3 is 2.75 bits per heavy atom. The Balaban J connectivity index is 1.77. The van der Waals surface area contributed by atoms with E-state index in [1.165, 1.54) is 19.3 Å². The van der Waals surface area contributed by atoms with Crippen LogP contribution in [0.5, 0.6) is 0 Å². The first kappa shape index (κ1) is 8.48. The third-order valence-electron chi connectivity index (χ3n) is 3.12. The summed E-state index contributed by atoms with van der Waals surface area (Å²) in [4.78, 5) is 0. The highest BCUT2D eigenvalue weighted by molar-refractivity contribution is 4.90. The van der Waals surface area contributed by atoms with Crippen LogP contribution in [0.3, 0.4) is 0 Å². The second-order valence-electron chi connectivity index (χ2n) is 4.00. The van der Waals surface area contributed by atoms with E-state index in [1.54, 1.807) is 0 Å². The highest BCUT2D eigenvalue weighted by Crippen LogP contribution is 2.25. The molecular weight excluding hydrogens is 152 g/mol. The molecule has 2 unspecified atom stereocenters.